The predicted molar refractivity (Wildman–Crippen MR) is 50.5 cm³/mol. The van der Waals surface area contributed by atoms with E-state index >= 15 is 0 Å². The van der Waals surface area contributed by atoms with Crippen LogP contribution in [0.3, 0.4) is 0 Å². The van der Waals surface area contributed by atoms with E-state index in [1.54, 1.807) is 12.3 Å². The molecule has 0 spiro atoms. The molecule has 1 rings (SSSR count). The van der Waals surface area contributed by atoms with Gasteiger partial charge in [-0.2, -0.15) is 11.8 Å². The van der Waals surface area contributed by atoms with E-state index in [0.717, 1.165) is 22.9 Å². The van der Waals surface area contributed by atoms with Crippen molar-refractivity contribution in [1.82, 2.24) is 4.98 Å². The van der Waals surface area contributed by atoms with Gasteiger partial charge in [0.05, 0.1) is 5.69 Å². The Bertz CT molecular complexity index is 225. The normalized spacial score (nSPS) is 9.91. The van der Waals surface area contributed by atoms with Crippen LogP contribution in [0.4, 0.5) is 5.69 Å². The summed E-state index contributed by atoms with van der Waals surface area (Å²) in [7, 11) is 0. The van der Waals surface area contributed by atoms with E-state index in [1.807, 2.05) is 17.8 Å². The van der Waals surface area contributed by atoms with Crippen LogP contribution in [0.1, 0.15) is 12.6 Å². The van der Waals surface area contributed by atoms with Crippen LogP contribution in [0.25, 0.3) is 0 Å². The number of hydrogen-bond acceptors (Lipinski definition) is 3. The maximum absolute atomic E-state index is 5.58. The monoisotopic (exact) mass is 168 g/mol. The van der Waals surface area contributed by atoms with Gasteiger partial charge >= 0.3 is 0 Å². The summed E-state index contributed by atoms with van der Waals surface area (Å²) in [6.07, 6.45) is 1.75. The highest BCUT2D eigenvalue weighted by atomic mass is 32.2. The molecule has 1 heterocycles. The molecule has 0 radical (unpaired) electrons. The molecule has 3 heteroatoms. The molecule has 0 aliphatic carbocycles. The van der Waals surface area contributed by atoms with Crippen LogP contribution >= 0.6 is 11.8 Å². The lowest BCUT2D eigenvalue weighted by Crippen LogP contribution is -1.90. The van der Waals surface area contributed by atoms with Crippen molar-refractivity contribution in [1.29, 1.82) is 0 Å². The Kier molecular flexibility index (Phi) is 3.23. The van der Waals surface area contributed by atoms with E-state index in [9.17, 15) is 0 Å². The fourth-order valence-corrected chi connectivity index (χ4v) is 1.35. The molecule has 0 fully saturated rings. The minimum absolute atomic E-state index is 0.798. The topological polar surface area (TPSA) is 38.9 Å². The van der Waals surface area contributed by atoms with Gasteiger partial charge in [0.2, 0.25) is 0 Å². The van der Waals surface area contributed by atoms with Crippen LogP contribution < -0.4 is 5.73 Å². The van der Waals surface area contributed by atoms with Crippen LogP contribution in [0, 0.1) is 0 Å². The number of pyridine rings is 1. The largest absolute Gasteiger partial charge is 0.399 e. The van der Waals surface area contributed by atoms with Crippen LogP contribution in [-0.4, -0.2) is 10.7 Å². The number of nitrogens with zero attached hydrogens (tertiary/aromatic N) is 1. The zero-order valence-electron chi connectivity index (χ0n) is 6.58. The van der Waals surface area contributed by atoms with Crippen molar-refractivity contribution in [3.8, 4) is 0 Å². The Balaban J connectivity index is 2.56. The molecule has 0 unspecified atom stereocenters. The fraction of sp³-hybridized carbons (Fsp3) is 0.375. The third-order valence-electron chi connectivity index (χ3n) is 1.29. The minimum atomic E-state index is 0.798. The first-order valence-electron chi connectivity index (χ1n) is 3.61. The number of aromatic nitrogens is 1. The van der Waals surface area contributed by atoms with Crippen LogP contribution in [0.15, 0.2) is 18.3 Å². The Morgan fingerprint density at radius 2 is 2.45 bits per heavy atom. The van der Waals surface area contributed by atoms with Crippen molar-refractivity contribution < 1.29 is 0 Å². The third-order valence-corrected chi connectivity index (χ3v) is 2.20. The summed E-state index contributed by atoms with van der Waals surface area (Å²) in [6.45, 7) is 2.14. The number of anilines is 1. The van der Waals surface area contributed by atoms with Gasteiger partial charge < -0.3 is 5.73 Å². The van der Waals surface area contributed by atoms with Gasteiger partial charge in [0, 0.05) is 17.6 Å². The number of hydrogen-bond donors (Lipinski definition) is 1. The van der Waals surface area contributed by atoms with Crippen molar-refractivity contribution in [2.24, 2.45) is 0 Å². The summed E-state index contributed by atoms with van der Waals surface area (Å²) in [5.74, 6) is 2.08. The van der Waals surface area contributed by atoms with Crippen molar-refractivity contribution >= 4 is 17.4 Å². The first-order valence-corrected chi connectivity index (χ1v) is 4.76. The second kappa shape index (κ2) is 4.23. The summed E-state index contributed by atoms with van der Waals surface area (Å²) < 4.78 is 0. The molecule has 2 N–H and O–H groups in total. The number of rotatable bonds is 3. The second-order valence-electron chi connectivity index (χ2n) is 2.22. The van der Waals surface area contributed by atoms with Gasteiger partial charge in [-0.05, 0) is 17.9 Å². The quantitative estimate of drug-likeness (QED) is 0.749. The van der Waals surface area contributed by atoms with E-state index in [-0.39, 0.29) is 0 Å². The lowest BCUT2D eigenvalue weighted by molar-refractivity contribution is 1.18. The van der Waals surface area contributed by atoms with Gasteiger partial charge in [0.1, 0.15) is 0 Å². The Labute approximate surface area is 71.2 Å². The molecule has 0 bridgehead atoms. The number of nitrogen functional groups attached to an aromatic ring is 1. The van der Waals surface area contributed by atoms with Gasteiger partial charge in [0.25, 0.3) is 0 Å². The average molecular weight is 168 g/mol. The van der Waals surface area contributed by atoms with Crippen molar-refractivity contribution in [2.45, 2.75) is 12.7 Å². The first-order chi connectivity index (χ1) is 5.33. The fourth-order valence-electron chi connectivity index (χ4n) is 0.782. The van der Waals surface area contributed by atoms with Crippen molar-refractivity contribution in [2.75, 3.05) is 11.5 Å². The molecule has 0 saturated carbocycles. The van der Waals surface area contributed by atoms with Gasteiger partial charge in [-0.25, -0.2) is 0 Å². The predicted octanol–water partition coefficient (Wildman–Crippen LogP) is 1.92. The minimum Gasteiger partial charge on any atom is -0.399 e. The molecule has 1 aromatic rings. The van der Waals surface area contributed by atoms with Crippen molar-refractivity contribution in [3.63, 3.8) is 0 Å². The van der Waals surface area contributed by atoms with Gasteiger partial charge in [-0.15, -0.1) is 0 Å². The first kappa shape index (κ1) is 8.40. The molecular formula is C8H12N2S. The summed E-state index contributed by atoms with van der Waals surface area (Å²) in [5.41, 5.74) is 7.45. The lowest BCUT2D eigenvalue weighted by Gasteiger charge is -1.98. The summed E-state index contributed by atoms with van der Waals surface area (Å²) in [5, 5.41) is 0. The smallest absolute Gasteiger partial charge is 0.0523 e. The van der Waals surface area contributed by atoms with Gasteiger partial charge in [-0.3, -0.25) is 4.98 Å². The molecule has 11 heavy (non-hydrogen) atoms. The molecule has 1 aromatic heterocycles. The summed E-state index contributed by atoms with van der Waals surface area (Å²) in [6, 6.07) is 3.72. The van der Waals surface area contributed by atoms with Crippen LogP contribution in [0.2, 0.25) is 0 Å². The highest BCUT2D eigenvalue weighted by molar-refractivity contribution is 7.98. The average Bonchev–Trinajstić information content (AvgIpc) is 2.01. The Morgan fingerprint density at radius 3 is 3.09 bits per heavy atom. The maximum atomic E-state index is 5.58. The molecule has 0 aromatic carbocycles. The number of thioether (sulfide) groups is 1. The van der Waals surface area contributed by atoms with E-state index in [4.69, 9.17) is 5.73 Å². The Morgan fingerprint density at radius 1 is 1.64 bits per heavy atom. The third kappa shape index (κ3) is 2.80. The zero-order valence-corrected chi connectivity index (χ0v) is 7.40. The molecular weight excluding hydrogens is 156 g/mol. The molecule has 0 aliphatic rings. The van der Waals surface area contributed by atoms with Crippen molar-refractivity contribution in [3.05, 3.63) is 24.0 Å². The van der Waals surface area contributed by atoms with Crippen LogP contribution in [-0.2, 0) is 5.75 Å². The van der Waals surface area contributed by atoms with Gasteiger partial charge in [0.15, 0.2) is 0 Å². The van der Waals surface area contributed by atoms with E-state index in [1.165, 1.54) is 0 Å². The number of nitrogens with two attached hydrogens (primary N) is 1. The highest BCUT2D eigenvalue weighted by Crippen LogP contribution is 2.11. The summed E-state index contributed by atoms with van der Waals surface area (Å²) in [4.78, 5) is 4.18. The zero-order chi connectivity index (χ0) is 8.10. The SMILES string of the molecule is CCSCc1cc(N)ccn1. The standard InChI is InChI=1S/C8H12N2S/c1-2-11-6-8-5-7(9)3-4-10-8/h3-5H,2,6H2,1H3,(H2,9,10). The second-order valence-corrected chi connectivity index (χ2v) is 3.49. The molecule has 0 amide bonds. The summed E-state index contributed by atoms with van der Waals surface area (Å²) >= 11 is 1.85. The van der Waals surface area contributed by atoms with E-state index in [0.29, 0.717) is 0 Å². The van der Waals surface area contributed by atoms with Gasteiger partial charge in [-0.1, -0.05) is 6.92 Å². The van der Waals surface area contributed by atoms with E-state index < -0.39 is 0 Å². The Hall–Kier alpha value is -0.700. The molecule has 0 atom stereocenters. The lowest BCUT2D eigenvalue weighted by atomic mass is 10.3. The van der Waals surface area contributed by atoms with Crippen LogP contribution in [0.5, 0.6) is 0 Å². The molecule has 0 saturated heterocycles. The maximum Gasteiger partial charge on any atom is 0.0523 e. The van der Waals surface area contributed by atoms with E-state index in [2.05, 4.69) is 11.9 Å². The molecule has 60 valence electrons. The molecule has 2 nitrogen and oxygen atoms in total. The molecule has 0 aliphatic heterocycles. The highest BCUT2D eigenvalue weighted by Gasteiger charge is 1.93.